The van der Waals surface area contributed by atoms with Gasteiger partial charge in [0.2, 0.25) is 0 Å². The SMILES string of the molecule is CCSc1sc(C(=O)NC2CC2)c(N)c1C(=O)NC. The zero-order valence-electron chi connectivity index (χ0n) is 10.9. The number of thiophene rings is 1. The van der Waals surface area contributed by atoms with Crippen LogP contribution in [0.5, 0.6) is 0 Å². The van der Waals surface area contributed by atoms with Crippen LogP contribution in [0.2, 0.25) is 0 Å². The Labute approximate surface area is 120 Å². The van der Waals surface area contributed by atoms with Crippen molar-refractivity contribution in [2.45, 2.75) is 30.0 Å². The third kappa shape index (κ3) is 3.03. The summed E-state index contributed by atoms with van der Waals surface area (Å²) in [6.07, 6.45) is 2.05. The van der Waals surface area contributed by atoms with Crippen LogP contribution >= 0.6 is 23.1 Å². The second-order valence-electron chi connectivity index (χ2n) is 4.27. The average Bonchev–Trinajstić information content (AvgIpc) is 3.13. The first-order valence-electron chi connectivity index (χ1n) is 6.16. The van der Waals surface area contributed by atoms with Crippen molar-refractivity contribution in [2.75, 3.05) is 18.5 Å². The second kappa shape index (κ2) is 5.83. The van der Waals surface area contributed by atoms with Crippen LogP contribution in [0.3, 0.4) is 0 Å². The smallest absolute Gasteiger partial charge is 0.263 e. The molecule has 0 unspecified atom stereocenters. The molecule has 1 fully saturated rings. The minimum absolute atomic E-state index is 0.168. The Morgan fingerprint density at radius 3 is 2.63 bits per heavy atom. The maximum Gasteiger partial charge on any atom is 0.263 e. The molecule has 0 radical (unpaired) electrons. The fourth-order valence-corrected chi connectivity index (χ4v) is 3.94. The molecule has 1 heterocycles. The largest absolute Gasteiger partial charge is 0.397 e. The van der Waals surface area contributed by atoms with Gasteiger partial charge in [0.15, 0.2) is 0 Å². The standard InChI is InChI=1S/C12H17N3O2S2/c1-3-18-12-7(10(16)14-2)8(13)9(19-12)11(17)15-6-4-5-6/h6H,3-5,13H2,1-2H3,(H,14,16)(H,15,17). The molecule has 104 valence electrons. The molecular weight excluding hydrogens is 282 g/mol. The Balaban J connectivity index is 2.32. The highest BCUT2D eigenvalue weighted by Gasteiger charge is 2.29. The van der Waals surface area contributed by atoms with Crippen molar-refractivity contribution < 1.29 is 9.59 Å². The van der Waals surface area contributed by atoms with Crippen LogP contribution in [0.4, 0.5) is 5.69 Å². The summed E-state index contributed by atoms with van der Waals surface area (Å²) >= 11 is 2.83. The summed E-state index contributed by atoms with van der Waals surface area (Å²) in [4.78, 5) is 24.4. The Bertz CT molecular complexity index is 509. The van der Waals surface area contributed by atoms with Gasteiger partial charge in [-0.1, -0.05) is 6.92 Å². The quantitative estimate of drug-likeness (QED) is 0.722. The van der Waals surface area contributed by atoms with E-state index in [2.05, 4.69) is 10.6 Å². The molecule has 0 aromatic carbocycles. The molecule has 0 aliphatic heterocycles. The lowest BCUT2D eigenvalue weighted by Crippen LogP contribution is -2.25. The summed E-state index contributed by atoms with van der Waals surface area (Å²) in [5.74, 6) is 0.418. The molecule has 1 aliphatic carbocycles. The Morgan fingerprint density at radius 2 is 2.11 bits per heavy atom. The number of carbonyl (C=O) groups is 2. The number of hydrogen-bond donors (Lipinski definition) is 3. The van der Waals surface area contributed by atoms with E-state index in [9.17, 15) is 9.59 Å². The van der Waals surface area contributed by atoms with Crippen LogP contribution < -0.4 is 16.4 Å². The minimum atomic E-state index is -0.241. The topological polar surface area (TPSA) is 84.2 Å². The molecule has 19 heavy (non-hydrogen) atoms. The third-order valence-corrected chi connectivity index (χ3v) is 5.12. The van der Waals surface area contributed by atoms with E-state index in [-0.39, 0.29) is 17.9 Å². The third-order valence-electron chi connectivity index (χ3n) is 2.76. The number of nitrogens with one attached hydrogen (secondary N) is 2. The number of rotatable bonds is 5. The van der Waals surface area contributed by atoms with Gasteiger partial charge in [0, 0.05) is 13.1 Å². The van der Waals surface area contributed by atoms with Crippen molar-refractivity contribution in [3.05, 3.63) is 10.4 Å². The molecule has 1 aromatic rings. The van der Waals surface area contributed by atoms with E-state index in [0.717, 1.165) is 22.8 Å². The van der Waals surface area contributed by atoms with E-state index in [1.54, 1.807) is 7.05 Å². The Hall–Kier alpha value is -1.21. The second-order valence-corrected chi connectivity index (χ2v) is 6.82. The van der Waals surface area contributed by atoms with E-state index in [0.29, 0.717) is 16.1 Å². The molecule has 0 bridgehead atoms. The summed E-state index contributed by atoms with van der Waals surface area (Å²) in [5, 5.41) is 5.47. The molecular formula is C12H17N3O2S2. The summed E-state index contributed by atoms with van der Waals surface area (Å²) in [5.41, 5.74) is 6.70. The van der Waals surface area contributed by atoms with Crippen LogP contribution in [0.25, 0.3) is 0 Å². The van der Waals surface area contributed by atoms with E-state index >= 15 is 0 Å². The zero-order chi connectivity index (χ0) is 14.0. The van der Waals surface area contributed by atoms with Crippen molar-refractivity contribution >= 4 is 40.6 Å². The summed E-state index contributed by atoms with van der Waals surface area (Å²) in [6.45, 7) is 2.00. The fraction of sp³-hybridized carbons (Fsp3) is 0.500. The lowest BCUT2D eigenvalue weighted by molar-refractivity contribution is 0.0954. The Kier molecular flexibility index (Phi) is 4.36. The first-order chi connectivity index (χ1) is 9.08. The predicted molar refractivity (Wildman–Crippen MR) is 79.0 cm³/mol. The van der Waals surface area contributed by atoms with Gasteiger partial charge < -0.3 is 16.4 Å². The highest BCUT2D eigenvalue weighted by Crippen LogP contribution is 2.38. The molecule has 7 heteroatoms. The van der Waals surface area contributed by atoms with E-state index < -0.39 is 0 Å². The van der Waals surface area contributed by atoms with Gasteiger partial charge in [-0.3, -0.25) is 9.59 Å². The Morgan fingerprint density at radius 1 is 1.42 bits per heavy atom. The highest BCUT2D eigenvalue weighted by atomic mass is 32.2. The average molecular weight is 299 g/mol. The minimum Gasteiger partial charge on any atom is -0.397 e. The number of thioether (sulfide) groups is 1. The summed E-state index contributed by atoms with van der Waals surface area (Å²) in [6, 6.07) is 0.278. The predicted octanol–water partition coefficient (Wildman–Crippen LogP) is 1.69. The van der Waals surface area contributed by atoms with Gasteiger partial charge in [0.05, 0.1) is 15.5 Å². The number of carbonyl (C=O) groups excluding carboxylic acids is 2. The van der Waals surface area contributed by atoms with Crippen molar-refractivity contribution in [2.24, 2.45) is 0 Å². The number of hydrogen-bond acceptors (Lipinski definition) is 5. The fourth-order valence-electron chi connectivity index (χ4n) is 1.64. The van der Waals surface area contributed by atoms with Crippen molar-refractivity contribution in [1.29, 1.82) is 0 Å². The highest BCUT2D eigenvalue weighted by molar-refractivity contribution is 8.01. The van der Waals surface area contributed by atoms with Crippen LogP contribution in [-0.2, 0) is 0 Å². The van der Waals surface area contributed by atoms with E-state index in [1.807, 2.05) is 6.92 Å². The first kappa shape index (κ1) is 14.2. The number of amides is 2. The molecule has 4 N–H and O–H groups in total. The number of anilines is 1. The number of nitrogen functional groups attached to an aromatic ring is 1. The maximum absolute atomic E-state index is 12.1. The van der Waals surface area contributed by atoms with Gasteiger partial charge in [-0.15, -0.1) is 23.1 Å². The van der Waals surface area contributed by atoms with Crippen molar-refractivity contribution in [1.82, 2.24) is 10.6 Å². The lowest BCUT2D eigenvalue weighted by Gasteiger charge is -2.03. The molecule has 1 saturated carbocycles. The maximum atomic E-state index is 12.1. The van der Waals surface area contributed by atoms with E-state index in [1.165, 1.54) is 23.1 Å². The summed E-state index contributed by atoms with van der Waals surface area (Å²) in [7, 11) is 1.56. The molecule has 0 saturated heterocycles. The molecule has 1 aromatic heterocycles. The van der Waals surface area contributed by atoms with Gasteiger partial charge in [-0.05, 0) is 18.6 Å². The zero-order valence-corrected chi connectivity index (χ0v) is 12.5. The number of nitrogens with two attached hydrogens (primary N) is 1. The molecule has 0 spiro atoms. The van der Waals surface area contributed by atoms with Crippen LogP contribution in [0.1, 0.15) is 39.8 Å². The lowest BCUT2D eigenvalue weighted by atomic mass is 10.2. The molecule has 1 aliphatic rings. The van der Waals surface area contributed by atoms with Crippen molar-refractivity contribution in [3.8, 4) is 0 Å². The molecule has 0 atom stereocenters. The normalized spacial score (nSPS) is 14.2. The van der Waals surface area contributed by atoms with Gasteiger partial charge in [-0.25, -0.2) is 0 Å². The monoisotopic (exact) mass is 299 g/mol. The first-order valence-corrected chi connectivity index (χ1v) is 7.96. The van der Waals surface area contributed by atoms with Crippen LogP contribution in [0, 0.1) is 0 Å². The van der Waals surface area contributed by atoms with Gasteiger partial charge in [0.25, 0.3) is 11.8 Å². The van der Waals surface area contributed by atoms with Crippen molar-refractivity contribution in [3.63, 3.8) is 0 Å². The summed E-state index contributed by atoms with van der Waals surface area (Å²) < 4.78 is 0.806. The van der Waals surface area contributed by atoms with Gasteiger partial charge in [0.1, 0.15) is 4.88 Å². The van der Waals surface area contributed by atoms with Gasteiger partial charge >= 0.3 is 0 Å². The van der Waals surface area contributed by atoms with E-state index in [4.69, 9.17) is 5.73 Å². The molecule has 5 nitrogen and oxygen atoms in total. The van der Waals surface area contributed by atoms with Gasteiger partial charge in [-0.2, -0.15) is 0 Å². The molecule has 2 rings (SSSR count). The molecule has 2 amide bonds. The van der Waals surface area contributed by atoms with Crippen LogP contribution in [-0.4, -0.2) is 30.7 Å². The van der Waals surface area contributed by atoms with Crippen LogP contribution in [0.15, 0.2) is 4.21 Å².